The normalized spacial score (nSPS) is 21.3. The number of nitrogens with zero attached hydrogens (tertiary/aromatic N) is 1. The van der Waals surface area contributed by atoms with Crippen LogP contribution >= 0.6 is 0 Å². The fourth-order valence-corrected chi connectivity index (χ4v) is 2.81. The van der Waals surface area contributed by atoms with E-state index < -0.39 is 0 Å². The molecule has 2 unspecified atom stereocenters. The Kier molecular flexibility index (Phi) is 5.62. The van der Waals surface area contributed by atoms with E-state index in [0.29, 0.717) is 12.5 Å². The molecule has 0 heterocycles. The van der Waals surface area contributed by atoms with Crippen LogP contribution in [0.15, 0.2) is 24.3 Å². The molecule has 1 amide bonds. The first-order valence-electron chi connectivity index (χ1n) is 7.77. The van der Waals surface area contributed by atoms with Gasteiger partial charge in [0, 0.05) is 29.8 Å². The van der Waals surface area contributed by atoms with Crippen LogP contribution in [0.4, 0.5) is 11.4 Å². The molecule has 112 valence electrons. The van der Waals surface area contributed by atoms with Crippen molar-refractivity contribution < 1.29 is 4.79 Å². The van der Waals surface area contributed by atoms with Crippen LogP contribution < -0.4 is 10.6 Å². The number of rotatable bonds is 5. The lowest BCUT2D eigenvalue weighted by Gasteiger charge is -2.27. The Hall–Kier alpha value is -2.02. The van der Waals surface area contributed by atoms with E-state index >= 15 is 0 Å². The predicted molar refractivity (Wildman–Crippen MR) is 85.0 cm³/mol. The summed E-state index contributed by atoms with van der Waals surface area (Å²) >= 11 is 0. The molecule has 0 bridgehead atoms. The van der Waals surface area contributed by atoms with E-state index in [4.69, 9.17) is 5.26 Å². The van der Waals surface area contributed by atoms with Crippen molar-refractivity contribution >= 4 is 17.3 Å². The smallest absolute Gasteiger partial charge is 0.224 e. The first-order chi connectivity index (χ1) is 10.2. The summed E-state index contributed by atoms with van der Waals surface area (Å²) in [6.07, 6.45) is 5.52. The third-order valence-corrected chi connectivity index (χ3v) is 3.85. The van der Waals surface area contributed by atoms with Gasteiger partial charge in [0.1, 0.15) is 0 Å². The second kappa shape index (κ2) is 7.68. The van der Waals surface area contributed by atoms with Crippen LogP contribution in [0.1, 0.15) is 45.4 Å². The average Bonchev–Trinajstić information content (AvgIpc) is 2.48. The molecule has 0 aliphatic heterocycles. The van der Waals surface area contributed by atoms with Gasteiger partial charge >= 0.3 is 0 Å². The Morgan fingerprint density at radius 2 is 2.19 bits per heavy atom. The third-order valence-electron chi connectivity index (χ3n) is 3.85. The number of nitrogens with one attached hydrogen (secondary N) is 2. The Labute approximate surface area is 126 Å². The van der Waals surface area contributed by atoms with Crippen molar-refractivity contribution in [3.8, 4) is 6.07 Å². The first-order valence-corrected chi connectivity index (χ1v) is 7.77. The van der Waals surface area contributed by atoms with Gasteiger partial charge in [-0.3, -0.25) is 4.79 Å². The van der Waals surface area contributed by atoms with Crippen molar-refractivity contribution in [2.24, 2.45) is 5.92 Å². The molecule has 0 radical (unpaired) electrons. The van der Waals surface area contributed by atoms with Crippen LogP contribution in [-0.2, 0) is 4.79 Å². The molecule has 1 fully saturated rings. The summed E-state index contributed by atoms with van der Waals surface area (Å²) in [5, 5.41) is 15.4. The monoisotopic (exact) mass is 285 g/mol. The lowest BCUT2D eigenvalue weighted by atomic mass is 9.86. The van der Waals surface area contributed by atoms with Gasteiger partial charge in [0.25, 0.3) is 0 Å². The maximum absolute atomic E-state index is 11.6. The molecule has 0 spiro atoms. The molecule has 2 N–H and O–H groups in total. The minimum absolute atomic E-state index is 0.0526. The average molecular weight is 285 g/mol. The Bertz CT molecular complexity index is 521. The number of benzene rings is 1. The van der Waals surface area contributed by atoms with E-state index in [2.05, 4.69) is 16.7 Å². The number of carbonyl (C=O) groups excluding carboxylic acids is 1. The molecular formula is C17H23N3O. The lowest BCUT2D eigenvalue weighted by Crippen LogP contribution is -2.26. The molecule has 21 heavy (non-hydrogen) atoms. The summed E-state index contributed by atoms with van der Waals surface area (Å²) in [4.78, 5) is 11.6. The SMILES string of the molecule is CCCC(=O)Nc1cccc(NC2CCCC(C#N)C2)c1. The summed E-state index contributed by atoms with van der Waals surface area (Å²) < 4.78 is 0. The van der Waals surface area contributed by atoms with E-state index in [1.165, 1.54) is 0 Å². The summed E-state index contributed by atoms with van der Waals surface area (Å²) in [5.74, 6) is 0.223. The van der Waals surface area contributed by atoms with Crippen LogP contribution in [0.25, 0.3) is 0 Å². The fourth-order valence-electron chi connectivity index (χ4n) is 2.81. The lowest BCUT2D eigenvalue weighted by molar-refractivity contribution is -0.116. The van der Waals surface area contributed by atoms with Gasteiger partial charge in [0.15, 0.2) is 0 Å². The van der Waals surface area contributed by atoms with Gasteiger partial charge < -0.3 is 10.6 Å². The van der Waals surface area contributed by atoms with E-state index in [0.717, 1.165) is 43.5 Å². The van der Waals surface area contributed by atoms with Crippen LogP contribution in [0.5, 0.6) is 0 Å². The molecule has 0 aromatic heterocycles. The number of amides is 1. The van der Waals surface area contributed by atoms with Crippen LogP contribution in [-0.4, -0.2) is 11.9 Å². The molecule has 1 aliphatic rings. The number of anilines is 2. The highest BCUT2D eigenvalue weighted by atomic mass is 16.1. The largest absolute Gasteiger partial charge is 0.382 e. The van der Waals surface area contributed by atoms with Crippen molar-refractivity contribution in [2.45, 2.75) is 51.5 Å². The van der Waals surface area contributed by atoms with Crippen molar-refractivity contribution in [3.05, 3.63) is 24.3 Å². The van der Waals surface area contributed by atoms with E-state index in [-0.39, 0.29) is 11.8 Å². The van der Waals surface area contributed by atoms with Crippen molar-refractivity contribution in [1.29, 1.82) is 5.26 Å². The number of carbonyl (C=O) groups is 1. The zero-order valence-corrected chi connectivity index (χ0v) is 12.6. The molecule has 1 aromatic carbocycles. The van der Waals surface area contributed by atoms with Crippen LogP contribution in [0.2, 0.25) is 0 Å². The maximum atomic E-state index is 11.6. The van der Waals surface area contributed by atoms with E-state index in [9.17, 15) is 4.79 Å². The summed E-state index contributed by atoms with van der Waals surface area (Å²) in [7, 11) is 0. The number of hydrogen-bond acceptors (Lipinski definition) is 3. The highest BCUT2D eigenvalue weighted by molar-refractivity contribution is 5.91. The maximum Gasteiger partial charge on any atom is 0.224 e. The van der Waals surface area contributed by atoms with Crippen molar-refractivity contribution in [2.75, 3.05) is 10.6 Å². The Morgan fingerprint density at radius 1 is 1.38 bits per heavy atom. The van der Waals surface area contributed by atoms with E-state index in [1.54, 1.807) is 0 Å². The molecule has 1 saturated carbocycles. The van der Waals surface area contributed by atoms with Gasteiger partial charge in [-0.2, -0.15) is 5.26 Å². The van der Waals surface area contributed by atoms with E-state index in [1.807, 2.05) is 31.2 Å². The predicted octanol–water partition coefficient (Wildman–Crippen LogP) is 3.92. The highest BCUT2D eigenvalue weighted by Crippen LogP contribution is 2.27. The zero-order chi connectivity index (χ0) is 15.1. The first kappa shape index (κ1) is 15.4. The molecule has 1 aliphatic carbocycles. The summed E-state index contributed by atoms with van der Waals surface area (Å²) in [6, 6.07) is 10.5. The quantitative estimate of drug-likeness (QED) is 0.861. The molecule has 2 atom stereocenters. The van der Waals surface area contributed by atoms with Gasteiger partial charge in [0.2, 0.25) is 5.91 Å². The topological polar surface area (TPSA) is 64.9 Å². The Balaban J connectivity index is 1.94. The second-order valence-electron chi connectivity index (χ2n) is 5.71. The van der Waals surface area contributed by atoms with Crippen LogP contribution in [0, 0.1) is 17.2 Å². The van der Waals surface area contributed by atoms with Gasteiger partial charge in [-0.15, -0.1) is 0 Å². The minimum Gasteiger partial charge on any atom is -0.382 e. The molecule has 2 rings (SSSR count). The third kappa shape index (κ3) is 4.78. The molecule has 0 saturated heterocycles. The van der Waals surface area contributed by atoms with Crippen molar-refractivity contribution in [3.63, 3.8) is 0 Å². The molecular weight excluding hydrogens is 262 g/mol. The summed E-state index contributed by atoms with van der Waals surface area (Å²) in [5.41, 5.74) is 1.83. The summed E-state index contributed by atoms with van der Waals surface area (Å²) in [6.45, 7) is 1.99. The Morgan fingerprint density at radius 3 is 2.95 bits per heavy atom. The van der Waals surface area contributed by atoms with Gasteiger partial charge in [-0.1, -0.05) is 19.4 Å². The fraction of sp³-hybridized carbons (Fsp3) is 0.529. The standard InChI is InChI=1S/C17H23N3O/c1-2-5-17(21)20-16-9-4-8-15(11-16)19-14-7-3-6-13(10-14)12-18/h4,8-9,11,13-14,19H,2-3,5-7,10H2,1H3,(H,20,21). The second-order valence-corrected chi connectivity index (χ2v) is 5.71. The van der Waals surface area contributed by atoms with Gasteiger partial charge in [-0.25, -0.2) is 0 Å². The van der Waals surface area contributed by atoms with Gasteiger partial charge in [0.05, 0.1) is 6.07 Å². The highest BCUT2D eigenvalue weighted by Gasteiger charge is 2.21. The molecule has 1 aromatic rings. The number of nitriles is 1. The zero-order valence-electron chi connectivity index (χ0n) is 12.6. The molecule has 4 heteroatoms. The van der Waals surface area contributed by atoms with Gasteiger partial charge in [-0.05, 0) is 43.9 Å². The van der Waals surface area contributed by atoms with Crippen LogP contribution in [0.3, 0.4) is 0 Å². The van der Waals surface area contributed by atoms with Crippen molar-refractivity contribution in [1.82, 2.24) is 0 Å². The molecule has 4 nitrogen and oxygen atoms in total. The number of hydrogen-bond donors (Lipinski definition) is 2. The minimum atomic E-state index is 0.0526.